The first-order valence-corrected chi connectivity index (χ1v) is 8.06. The number of carbonyl (C=O) groups excluding carboxylic acids is 1. The Morgan fingerprint density at radius 1 is 1.45 bits per heavy atom. The second-order valence-electron chi connectivity index (χ2n) is 5.37. The normalized spacial score (nSPS) is 17.5. The number of hydrogen-bond donors (Lipinski definition) is 0. The summed E-state index contributed by atoms with van der Waals surface area (Å²) < 4.78 is 6.05. The van der Waals surface area contributed by atoms with Gasteiger partial charge < -0.3 is 14.5 Å². The van der Waals surface area contributed by atoms with Crippen LogP contribution in [0.3, 0.4) is 0 Å². The van der Waals surface area contributed by atoms with Crippen molar-refractivity contribution in [3.8, 4) is 5.75 Å². The summed E-state index contributed by atoms with van der Waals surface area (Å²) in [6, 6.07) is 3.77. The lowest BCUT2D eigenvalue weighted by Crippen LogP contribution is -2.31. The number of pyridine rings is 1. The molecule has 0 N–H and O–H groups in total. The van der Waals surface area contributed by atoms with E-state index in [-0.39, 0.29) is 12.0 Å². The average molecular weight is 318 g/mol. The number of rotatable bonds is 4. The smallest absolute Gasteiger partial charge is 0.273 e. The molecule has 3 rings (SSSR count). The molecular weight excluding hydrogens is 300 g/mol. The summed E-state index contributed by atoms with van der Waals surface area (Å²) in [5.74, 6) is 1.53. The van der Waals surface area contributed by atoms with Crippen molar-refractivity contribution >= 4 is 23.1 Å². The van der Waals surface area contributed by atoms with Gasteiger partial charge in [0, 0.05) is 38.6 Å². The van der Waals surface area contributed by atoms with E-state index in [1.165, 1.54) is 11.3 Å². The molecule has 2 aromatic heterocycles. The lowest BCUT2D eigenvalue weighted by Gasteiger charge is -2.20. The predicted molar refractivity (Wildman–Crippen MR) is 85.6 cm³/mol. The standard InChI is InChI=1S/C15H18N4O2S/c1-18(2)14-13(4-3-6-16-14)21-11-5-7-19(8-11)15(20)12-9-22-10-17-12/h3-4,6,9-11H,5,7-8H2,1-2H3/t11-/m0/s1. The Bertz CT molecular complexity index is 645. The first-order chi connectivity index (χ1) is 10.6. The van der Waals surface area contributed by atoms with Crippen LogP contribution in [0.2, 0.25) is 0 Å². The Labute approximate surface area is 133 Å². The van der Waals surface area contributed by atoms with E-state index in [2.05, 4.69) is 9.97 Å². The Hall–Kier alpha value is -2.15. The molecule has 116 valence electrons. The Kier molecular flexibility index (Phi) is 4.24. The fourth-order valence-corrected chi connectivity index (χ4v) is 3.00. The van der Waals surface area contributed by atoms with Crippen LogP contribution in [0.1, 0.15) is 16.9 Å². The van der Waals surface area contributed by atoms with Crippen LogP contribution in [0.25, 0.3) is 0 Å². The molecule has 0 unspecified atom stereocenters. The van der Waals surface area contributed by atoms with Gasteiger partial charge in [-0.2, -0.15) is 0 Å². The highest BCUT2D eigenvalue weighted by atomic mass is 32.1. The van der Waals surface area contributed by atoms with Crippen LogP contribution in [0.15, 0.2) is 29.2 Å². The summed E-state index contributed by atoms with van der Waals surface area (Å²) in [4.78, 5) is 24.4. The van der Waals surface area contributed by atoms with E-state index in [9.17, 15) is 4.79 Å². The summed E-state index contributed by atoms with van der Waals surface area (Å²) in [5, 5.41) is 1.78. The number of amides is 1. The van der Waals surface area contributed by atoms with Crippen molar-refractivity contribution in [2.24, 2.45) is 0 Å². The van der Waals surface area contributed by atoms with Crippen LogP contribution in [-0.2, 0) is 0 Å². The Morgan fingerprint density at radius 3 is 3.05 bits per heavy atom. The van der Waals surface area contributed by atoms with Crippen LogP contribution >= 0.6 is 11.3 Å². The summed E-state index contributed by atoms with van der Waals surface area (Å²) in [5.41, 5.74) is 2.19. The van der Waals surface area contributed by atoms with Gasteiger partial charge in [-0.05, 0) is 12.1 Å². The van der Waals surface area contributed by atoms with Crippen LogP contribution < -0.4 is 9.64 Å². The SMILES string of the molecule is CN(C)c1ncccc1O[C@H]1CCN(C(=O)c2cscn2)C1. The molecule has 3 heterocycles. The van der Waals surface area contributed by atoms with Gasteiger partial charge in [-0.1, -0.05) is 0 Å². The largest absolute Gasteiger partial charge is 0.485 e. The summed E-state index contributed by atoms with van der Waals surface area (Å²) >= 11 is 1.43. The zero-order valence-corrected chi connectivity index (χ0v) is 13.4. The number of ether oxygens (including phenoxy) is 1. The number of thiazole rings is 1. The lowest BCUT2D eigenvalue weighted by molar-refractivity contribution is 0.0767. The molecule has 1 atom stereocenters. The van der Waals surface area contributed by atoms with E-state index < -0.39 is 0 Å². The maximum Gasteiger partial charge on any atom is 0.273 e. The first kappa shape index (κ1) is 14.8. The van der Waals surface area contributed by atoms with Crippen molar-refractivity contribution < 1.29 is 9.53 Å². The molecule has 0 saturated carbocycles. The van der Waals surface area contributed by atoms with Gasteiger partial charge in [0.25, 0.3) is 5.91 Å². The number of anilines is 1. The van der Waals surface area contributed by atoms with Gasteiger partial charge in [-0.3, -0.25) is 4.79 Å². The second kappa shape index (κ2) is 6.31. The Balaban J connectivity index is 1.65. The molecule has 2 aromatic rings. The fourth-order valence-electron chi connectivity index (χ4n) is 2.48. The molecule has 1 aliphatic heterocycles. The van der Waals surface area contributed by atoms with Crippen LogP contribution in [0.5, 0.6) is 5.75 Å². The highest BCUT2D eigenvalue weighted by Gasteiger charge is 2.29. The maximum atomic E-state index is 12.3. The Morgan fingerprint density at radius 2 is 2.32 bits per heavy atom. The molecule has 1 amide bonds. The molecule has 1 saturated heterocycles. The van der Waals surface area contributed by atoms with Gasteiger partial charge in [-0.25, -0.2) is 9.97 Å². The number of aromatic nitrogens is 2. The fraction of sp³-hybridized carbons (Fsp3) is 0.400. The van der Waals surface area contributed by atoms with E-state index in [1.54, 1.807) is 22.0 Å². The maximum absolute atomic E-state index is 12.3. The van der Waals surface area contributed by atoms with Gasteiger partial charge >= 0.3 is 0 Å². The van der Waals surface area contributed by atoms with Gasteiger partial charge in [0.05, 0.1) is 12.1 Å². The summed E-state index contributed by atoms with van der Waals surface area (Å²) in [6.45, 7) is 1.27. The third-order valence-corrected chi connectivity index (χ3v) is 4.14. The summed E-state index contributed by atoms with van der Waals surface area (Å²) in [7, 11) is 3.86. The van der Waals surface area contributed by atoms with Crippen molar-refractivity contribution in [1.29, 1.82) is 0 Å². The van der Waals surface area contributed by atoms with Crippen molar-refractivity contribution in [3.63, 3.8) is 0 Å². The topological polar surface area (TPSA) is 58.6 Å². The zero-order valence-electron chi connectivity index (χ0n) is 12.6. The average Bonchev–Trinajstić information content (AvgIpc) is 3.18. The molecular formula is C15H18N4O2S. The third-order valence-electron chi connectivity index (χ3n) is 3.55. The van der Waals surface area contributed by atoms with Crippen molar-refractivity contribution in [3.05, 3.63) is 34.9 Å². The van der Waals surface area contributed by atoms with Crippen molar-refractivity contribution in [2.45, 2.75) is 12.5 Å². The second-order valence-corrected chi connectivity index (χ2v) is 6.09. The molecule has 6 nitrogen and oxygen atoms in total. The minimum Gasteiger partial charge on any atom is -0.485 e. The van der Waals surface area contributed by atoms with Gasteiger partial charge in [0.1, 0.15) is 11.8 Å². The van der Waals surface area contributed by atoms with Crippen molar-refractivity contribution in [2.75, 3.05) is 32.1 Å². The lowest BCUT2D eigenvalue weighted by atomic mass is 10.3. The minimum absolute atomic E-state index is 0.00881. The highest BCUT2D eigenvalue weighted by molar-refractivity contribution is 7.07. The van der Waals surface area contributed by atoms with E-state index in [4.69, 9.17) is 4.74 Å². The molecule has 0 bridgehead atoms. The molecule has 0 aromatic carbocycles. The minimum atomic E-state index is -0.0219. The molecule has 1 fully saturated rings. The predicted octanol–water partition coefficient (Wildman–Crippen LogP) is 1.90. The van der Waals surface area contributed by atoms with Gasteiger partial charge in [0.15, 0.2) is 11.6 Å². The molecule has 22 heavy (non-hydrogen) atoms. The number of carbonyl (C=O) groups is 1. The highest BCUT2D eigenvalue weighted by Crippen LogP contribution is 2.27. The first-order valence-electron chi connectivity index (χ1n) is 7.11. The number of nitrogens with zero attached hydrogens (tertiary/aromatic N) is 4. The quantitative estimate of drug-likeness (QED) is 0.862. The summed E-state index contributed by atoms with van der Waals surface area (Å²) in [6.07, 6.45) is 2.55. The zero-order chi connectivity index (χ0) is 15.5. The van der Waals surface area contributed by atoms with E-state index in [1.807, 2.05) is 31.1 Å². The monoisotopic (exact) mass is 318 g/mol. The van der Waals surface area contributed by atoms with E-state index >= 15 is 0 Å². The molecule has 0 radical (unpaired) electrons. The third kappa shape index (κ3) is 3.04. The van der Waals surface area contributed by atoms with E-state index in [0.717, 1.165) is 18.0 Å². The van der Waals surface area contributed by atoms with Gasteiger partial charge in [0.2, 0.25) is 0 Å². The molecule has 1 aliphatic rings. The van der Waals surface area contributed by atoms with Crippen LogP contribution in [0.4, 0.5) is 5.82 Å². The molecule has 0 aliphatic carbocycles. The van der Waals surface area contributed by atoms with Crippen molar-refractivity contribution in [1.82, 2.24) is 14.9 Å². The van der Waals surface area contributed by atoms with Gasteiger partial charge in [-0.15, -0.1) is 11.3 Å². The number of likely N-dealkylation sites (tertiary alicyclic amines) is 1. The van der Waals surface area contributed by atoms with E-state index in [0.29, 0.717) is 18.8 Å². The number of hydrogen-bond acceptors (Lipinski definition) is 6. The van der Waals surface area contributed by atoms with Crippen LogP contribution in [0, 0.1) is 0 Å². The molecule has 0 spiro atoms. The molecule has 7 heteroatoms. The van der Waals surface area contributed by atoms with Crippen LogP contribution in [-0.4, -0.2) is 54.1 Å².